The number of pyridine rings is 1. The number of aliphatic hydroxyl groups is 1. The van der Waals surface area contributed by atoms with Gasteiger partial charge in [-0.25, -0.2) is 0 Å². The predicted molar refractivity (Wildman–Crippen MR) is 116 cm³/mol. The van der Waals surface area contributed by atoms with E-state index in [9.17, 15) is 5.11 Å². The SMILES string of the molecule is COc1cc2c(NCCO)c3c(nc2cc1OCCCN1CCCC1)CCCC3. The molecule has 1 fully saturated rings. The van der Waals surface area contributed by atoms with Gasteiger partial charge in [-0.2, -0.15) is 0 Å². The molecule has 0 radical (unpaired) electrons. The number of hydrogen-bond acceptors (Lipinski definition) is 6. The van der Waals surface area contributed by atoms with Gasteiger partial charge in [0.2, 0.25) is 0 Å². The standard InChI is InChI=1S/C23H33N3O3/c1-28-21-15-18-20(16-22(21)29-14-6-12-26-10-4-5-11-26)25-19-8-3-2-7-17(19)23(18)24-9-13-27/h15-16,27H,2-14H2,1H3,(H,24,25). The summed E-state index contributed by atoms with van der Waals surface area (Å²) in [4.78, 5) is 7.47. The van der Waals surface area contributed by atoms with Crippen LogP contribution in [0.5, 0.6) is 11.5 Å². The molecule has 6 nitrogen and oxygen atoms in total. The predicted octanol–water partition coefficient (Wildman–Crippen LogP) is 3.39. The Bertz CT molecular complexity index is 834. The summed E-state index contributed by atoms with van der Waals surface area (Å²) in [6.45, 7) is 4.85. The van der Waals surface area contributed by atoms with Crippen LogP contribution in [-0.2, 0) is 12.8 Å². The zero-order chi connectivity index (χ0) is 20.1. The molecular weight excluding hydrogens is 366 g/mol. The first-order valence-corrected chi connectivity index (χ1v) is 11.0. The third-order valence-electron chi connectivity index (χ3n) is 6.04. The number of fused-ring (bicyclic) bond motifs is 2. The van der Waals surface area contributed by atoms with Gasteiger partial charge < -0.3 is 24.8 Å². The maximum atomic E-state index is 9.32. The lowest BCUT2D eigenvalue weighted by molar-refractivity contribution is 0.254. The maximum Gasteiger partial charge on any atom is 0.163 e. The average Bonchev–Trinajstić information content (AvgIpc) is 3.27. The smallest absolute Gasteiger partial charge is 0.163 e. The molecule has 2 aliphatic rings. The second kappa shape index (κ2) is 9.63. The molecule has 1 aliphatic heterocycles. The van der Waals surface area contributed by atoms with Crippen molar-refractivity contribution in [3.05, 3.63) is 23.4 Å². The van der Waals surface area contributed by atoms with E-state index in [0.717, 1.165) is 53.9 Å². The summed E-state index contributed by atoms with van der Waals surface area (Å²) in [7, 11) is 1.69. The molecule has 2 heterocycles. The number of nitrogens with zero attached hydrogens (tertiary/aromatic N) is 2. The van der Waals surface area contributed by atoms with Gasteiger partial charge in [-0.3, -0.25) is 4.98 Å². The van der Waals surface area contributed by atoms with Crippen molar-refractivity contribution in [3.8, 4) is 11.5 Å². The highest BCUT2D eigenvalue weighted by Crippen LogP contribution is 2.39. The molecule has 6 heteroatoms. The van der Waals surface area contributed by atoms with Gasteiger partial charge in [0.1, 0.15) is 0 Å². The number of likely N-dealkylation sites (tertiary alicyclic amines) is 1. The van der Waals surface area contributed by atoms with Crippen molar-refractivity contribution in [3.63, 3.8) is 0 Å². The summed E-state index contributed by atoms with van der Waals surface area (Å²) in [5, 5.41) is 13.8. The summed E-state index contributed by atoms with van der Waals surface area (Å²) >= 11 is 0. The molecule has 0 unspecified atom stereocenters. The normalized spacial score (nSPS) is 16.8. The Morgan fingerprint density at radius 2 is 1.93 bits per heavy atom. The molecule has 1 aliphatic carbocycles. The highest BCUT2D eigenvalue weighted by molar-refractivity contribution is 5.95. The van der Waals surface area contributed by atoms with Gasteiger partial charge in [-0.05, 0) is 69.7 Å². The number of aliphatic hydroxyl groups excluding tert-OH is 1. The van der Waals surface area contributed by atoms with Crippen molar-refractivity contribution in [1.29, 1.82) is 0 Å². The van der Waals surface area contributed by atoms with Gasteiger partial charge in [0, 0.05) is 35.9 Å². The lowest BCUT2D eigenvalue weighted by Crippen LogP contribution is -2.22. The number of rotatable bonds is 9. The van der Waals surface area contributed by atoms with Crippen LogP contribution < -0.4 is 14.8 Å². The van der Waals surface area contributed by atoms with Crippen LogP contribution in [0.15, 0.2) is 12.1 Å². The molecule has 0 spiro atoms. The Hall–Kier alpha value is -2.05. The van der Waals surface area contributed by atoms with E-state index in [0.29, 0.717) is 13.2 Å². The van der Waals surface area contributed by atoms with E-state index in [-0.39, 0.29) is 6.61 Å². The van der Waals surface area contributed by atoms with Crippen LogP contribution in [-0.4, -0.2) is 61.5 Å². The zero-order valence-electron chi connectivity index (χ0n) is 17.5. The van der Waals surface area contributed by atoms with Gasteiger partial charge in [0.15, 0.2) is 11.5 Å². The minimum Gasteiger partial charge on any atom is -0.493 e. The fourth-order valence-corrected chi connectivity index (χ4v) is 4.56. The molecule has 0 atom stereocenters. The van der Waals surface area contributed by atoms with Crippen molar-refractivity contribution in [2.24, 2.45) is 0 Å². The Labute approximate surface area is 173 Å². The van der Waals surface area contributed by atoms with Gasteiger partial charge in [-0.1, -0.05) is 0 Å². The number of nitrogens with one attached hydrogen (secondary N) is 1. The molecule has 0 amide bonds. The molecule has 0 bridgehead atoms. The molecule has 2 N–H and O–H groups in total. The second-order valence-corrected chi connectivity index (χ2v) is 8.04. The number of aryl methyl sites for hydroxylation is 1. The number of ether oxygens (including phenoxy) is 2. The van der Waals surface area contributed by atoms with E-state index in [1.54, 1.807) is 7.11 Å². The summed E-state index contributed by atoms with van der Waals surface area (Å²) in [6.07, 6.45) is 8.07. The quantitative estimate of drug-likeness (QED) is 0.630. The van der Waals surface area contributed by atoms with Gasteiger partial charge >= 0.3 is 0 Å². The highest BCUT2D eigenvalue weighted by Gasteiger charge is 2.20. The molecular formula is C23H33N3O3. The third kappa shape index (κ3) is 4.59. The minimum absolute atomic E-state index is 0.105. The van der Waals surface area contributed by atoms with E-state index in [1.807, 2.05) is 12.1 Å². The largest absolute Gasteiger partial charge is 0.493 e. The van der Waals surface area contributed by atoms with Crippen molar-refractivity contribution < 1.29 is 14.6 Å². The van der Waals surface area contributed by atoms with Crippen LogP contribution in [0.25, 0.3) is 10.9 Å². The number of anilines is 1. The monoisotopic (exact) mass is 399 g/mol. The minimum atomic E-state index is 0.105. The van der Waals surface area contributed by atoms with Crippen molar-refractivity contribution in [2.75, 3.05) is 51.8 Å². The number of methoxy groups -OCH3 is 1. The highest BCUT2D eigenvalue weighted by atomic mass is 16.5. The van der Waals surface area contributed by atoms with E-state index in [4.69, 9.17) is 14.5 Å². The fourth-order valence-electron chi connectivity index (χ4n) is 4.56. The van der Waals surface area contributed by atoms with Crippen molar-refractivity contribution in [2.45, 2.75) is 44.9 Å². The fraction of sp³-hybridized carbons (Fsp3) is 0.609. The summed E-state index contributed by atoms with van der Waals surface area (Å²) < 4.78 is 11.8. The van der Waals surface area contributed by atoms with Crippen LogP contribution in [0.3, 0.4) is 0 Å². The van der Waals surface area contributed by atoms with E-state index in [2.05, 4.69) is 10.2 Å². The van der Waals surface area contributed by atoms with Crippen molar-refractivity contribution >= 4 is 16.6 Å². The summed E-state index contributed by atoms with van der Waals surface area (Å²) in [5.41, 5.74) is 4.49. The number of benzene rings is 1. The first-order chi connectivity index (χ1) is 14.3. The van der Waals surface area contributed by atoms with Crippen LogP contribution in [0.1, 0.15) is 43.4 Å². The summed E-state index contributed by atoms with van der Waals surface area (Å²) in [6, 6.07) is 4.05. The number of hydrogen-bond donors (Lipinski definition) is 2. The Balaban J connectivity index is 1.58. The molecule has 1 aromatic carbocycles. The van der Waals surface area contributed by atoms with Crippen LogP contribution >= 0.6 is 0 Å². The lowest BCUT2D eigenvalue weighted by Gasteiger charge is -2.22. The van der Waals surface area contributed by atoms with E-state index >= 15 is 0 Å². The van der Waals surface area contributed by atoms with Crippen LogP contribution in [0.2, 0.25) is 0 Å². The third-order valence-corrected chi connectivity index (χ3v) is 6.04. The average molecular weight is 400 g/mol. The lowest BCUT2D eigenvalue weighted by atomic mass is 9.92. The van der Waals surface area contributed by atoms with E-state index in [1.165, 1.54) is 50.0 Å². The number of aromatic nitrogens is 1. The maximum absolute atomic E-state index is 9.32. The molecule has 2 aromatic rings. The molecule has 1 saturated heterocycles. The first-order valence-electron chi connectivity index (χ1n) is 11.0. The van der Waals surface area contributed by atoms with Gasteiger partial charge in [0.05, 0.1) is 25.8 Å². The van der Waals surface area contributed by atoms with Gasteiger partial charge in [-0.15, -0.1) is 0 Å². The Morgan fingerprint density at radius 3 is 2.72 bits per heavy atom. The molecule has 158 valence electrons. The topological polar surface area (TPSA) is 66.8 Å². The molecule has 4 rings (SSSR count). The van der Waals surface area contributed by atoms with Crippen LogP contribution in [0, 0.1) is 0 Å². The second-order valence-electron chi connectivity index (χ2n) is 8.04. The zero-order valence-corrected chi connectivity index (χ0v) is 17.5. The molecule has 29 heavy (non-hydrogen) atoms. The summed E-state index contributed by atoms with van der Waals surface area (Å²) in [5.74, 6) is 1.50. The van der Waals surface area contributed by atoms with Crippen LogP contribution in [0.4, 0.5) is 5.69 Å². The van der Waals surface area contributed by atoms with Crippen molar-refractivity contribution in [1.82, 2.24) is 9.88 Å². The first kappa shape index (κ1) is 20.2. The van der Waals surface area contributed by atoms with Gasteiger partial charge in [0.25, 0.3) is 0 Å². The molecule has 1 aromatic heterocycles. The Morgan fingerprint density at radius 1 is 1.10 bits per heavy atom. The molecule has 0 saturated carbocycles. The van der Waals surface area contributed by atoms with E-state index < -0.39 is 0 Å². The Kier molecular flexibility index (Phi) is 6.72.